The Morgan fingerprint density at radius 1 is 1.15 bits per heavy atom. The summed E-state index contributed by atoms with van der Waals surface area (Å²) in [6.45, 7) is 6.20. The highest BCUT2D eigenvalue weighted by Crippen LogP contribution is 1.93. The molecule has 0 aromatic rings. The largest absolute Gasteiger partial charge is 0.351 e. The van der Waals surface area contributed by atoms with Gasteiger partial charge in [0, 0.05) is 18.2 Å². The van der Waals surface area contributed by atoms with Crippen LogP contribution in [-0.2, 0) is 24.5 Å². The smallest absolute Gasteiger partial charge is 0.266 e. The van der Waals surface area contributed by atoms with Crippen molar-refractivity contribution in [1.82, 2.24) is 10.6 Å². The van der Waals surface area contributed by atoms with Crippen molar-refractivity contribution in [3.8, 4) is 0 Å². The second kappa shape index (κ2) is 8.02. The van der Waals surface area contributed by atoms with E-state index in [0.29, 0.717) is 0 Å². The maximum absolute atomic E-state index is 11.4. The summed E-state index contributed by atoms with van der Waals surface area (Å²) >= 11 is 0. The molecule has 0 heterocycles. The maximum Gasteiger partial charge on any atom is 0.266 e. The first kappa shape index (κ1) is 17.7. The molecule has 0 atom stereocenters. The molecule has 0 aromatic carbocycles. The molecule has 0 saturated heterocycles. The van der Waals surface area contributed by atoms with Crippen LogP contribution in [0, 0.1) is 0 Å². The highest BCUT2D eigenvalue weighted by molar-refractivity contribution is 7.85. The first-order valence-electron chi connectivity index (χ1n) is 5.23. The molecule has 3 N–H and O–H groups in total. The van der Waals surface area contributed by atoms with Crippen molar-refractivity contribution < 1.29 is 27.4 Å². The van der Waals surface area contributed by atoms with E-state index in [-0.39, 0.29) is 12.1 Å². The Hall–Kier alpha value is -2.26. The summed E-state index contributed by atoms with van der Waals surface area (Å²) in [7, 11) is -4.16. The molecule has 0 bridgehead atoms. The number of hydrogen-bond acceptors (Lipinski definition) is 5. The van der Waals surface area contributed by atoms with Gasteiger partial charge in [-0.2, -0.15) is 8.42 Å². The zero-order valence-electron chi connectivity index (χ0n) is 10.5. The third-order valence-electron chi connectivity index (χ3n) is 1.80. The van der Waals surface area contributed by atoms with E-state index in [2.05, 4.69) is 18.5 Å². The molecule has 0 radical (unpaired) electrons. The minimum atomic E-state index is -4.16. The van der Waals surface area contributed by atoms with Crippen molar-refractivity contribution in [3.63, 3.8) is 0 Å². The van der Waals surface area contributed by atoms with Crippen LogP contribution >= 0.6 is 0 Å². The van der Waals surface area contributed by atoms with Gasteiger partial charge in [-0.3, -0.25) is 24.3 Å². The fourth-order valence-corrected chi connectivity index (χ4v) is 1.23. The minimum Gasteiger partial charge on any atom is -0.351 e. The molecule has 0 aliphatic heterocycles. The SMILES string of the molecule is C=CC(=O)NC(=O)C=CC(=C)C(=O)NCCS(=O)(=O)O. The van der Waals surface area contributed by atoms with E-state index >= 15 is 0 Å². The van der Waals surface area contributed by atoms with Crippen LogP contribution in [-0.4, -0.2) is 43.0 Å². The molecule has 110 valence electrons. The Morgan fingerprint density at radius 3 is 2.25 bits per heavy atom. The topological polar surface area (TPSA) is 130 Å². The molecule has 0 aliphatic rings. The highest BCUT2D eigenvalue weighted by atomic mass is 32.2. The van der Waals surface area contributed by atoms with Crippen LogP contribution in [0.3, 0.4) is 0 Å². The van der Waals surface area contributed by atoms with E-state index < -0.39 is 33.6 Å². The van der Waals surface area contributed by atoms with Crippen LogP contribution in [0.1, 0.15) is 0 Å². The summed E-state index contributed by atoms with van der Waals surface area (Å²) in [5.74, 6) is -2.80. The Labute approximate surface area is 116 Å². The molecule has 0 rings (SSSR count). The van der Waals surface area contributed by atoms with Crippen LogP contribution < -0.4 is 10.6 Å². The van der Waals surface area contributed by atoms with Crippen LogP contribution in [0.5, 0.6) is 0 Å². The Morgan fingerprint density at radius 2 is 1.75 bits per heavy atom. The van der Waals surface area contributed by atoms with E-state index in [4.69, 9.17) is 4.55 Å². The second-order valence-corrected chi connectivity index (χ2v) is 5.03. The summed E-state index contributed by atoms with van der Waals surface area (Å²) in [5, 5.41) is 4.09. The third-order valence-corrected chi connectivity index (χ3v) is 2.52. The van der Waals surface area contributed by atoms with Gasteiger partial charge in [0.05, 0.1) is 5.75 Å². The number of rotatable bonds is 7. The van der Waals surface area contributed by atoms with Crippen molar-refractivity contribution in [2.24, 2.45) is 0 Å². The first-order chi connectivity index (χ1) is 9.15. The predicted molar refractivity (Wildman–Crippen MR) is 71.1 cm³/mol. The summed E-state index contributed by atoms with van der Waals surface area (Å²) in [6, 6.07) is 0. The number of amides is 3. The summed E-state index contributed by atoms with van der Waals surface area (Å²) in [4.78, 5) is 33.3. The lowest BCUT2D eigenvalue weighted by molar-refractivity contribution is -0.125. The van der Waals surface area contributed by atoms with Gasteiger partial charge < -0.3 is 5.32 Å². The fourth-order valence-electron chi connectivity index (χ4n) is 0.873. The molecule has 0 unspecified atom stereocenters. The average molecular weight is 302 g/mol. The van der Waals surface area contributed by atoms with E-state index in [0.717, 1.165) is 18.2 Å². The molecule has 20 heavy (non-hydrogen) atoms. The molecular weight excluding hydrogens is 288 g/mol. The zero-order valence-corrected chi connectivity index (χ0v) is 11.3. The molecule has 0 aromatic heterocycles. The lowest BCUT2D eigenvalue weighted by atomic mass is 10.2. The van der Waals surface area contributed by atoms with Crippen molar-refractivity contribution in [2.45, 2.75) is 0 Å². The first-order valence-corrected chi connectivity index (χ1v) is 6.84. The Kier molecular flexibility index (Phi) is 7.11. The molecule has 3 amide bonds. The third kappa shape index (κ3) is 8.78. The molecule has 8 nitrogen and oxygen atoms in total. The van der Waals surface area contributed by atoms with Crippen LogP contribution in [0.4, 0.5) is 0 Å². The molecule has 9 heteroatoms. The van der Waals surface area contributed by atoms with Gasteiger partial charge in [0.15, 0.2) is 0 Å². The monoisotopic (exact) mass is 302 g/mol. The molecule has 0 spiro atoms. The average Bonchev–Trinajstić information content (AvgIpc) is 2.33. The van der Waals surface area contributed by atoms with E-state index in [1.54, 1.807) is 0 Å². The Bertz CT molecular complexity index is 561. The van der Waals surface area contributed by atoms with Crippen molar-refractivity contribution in [2.75, 3.05) is 12.3 Å². The van der Waals surface area contributed by atoms with Crippen LogP contribution in [0.25, 0.3) is 0 Å². The van der Waals surface area contributed by atoms with E-state index in [9.17, 15) is 22.8 Å². The van der Waals surface area contributed by atoms with Gasteiger partial charge in [-0.05, 0) is 12.2 Å². The zero-order chi connectivity index (χ0) is 15.8. The van der Waals surface area contributed by atoms with Gasteiger partial charge in [0.2, 0.25) is 5.91 Å². The quantitative estimate of drug-likeness (QED) is 0.312. The number of imide groups is 1. The molecular formula is C11H14N2O6S. The molecule has 0 fully saturated rings. The molecule has 0 saturated carbocycles. The van der Waals surface area contributed by atoms with Crippen LogP contribution in [0.15, 0.2) is 37.0 Å². The normalized spacial score (nSPS) is 10.8. The summed E-state index contributed by atoms with van der Waals surface area (Å²) < 4.78 is 29.3. The number of hydrogen-bond donors (Lipinski definition) is 3. The van der Waals surface area contributed by atoms with Gasteiger partial charge >= 0.3 is 0 Å². The standard InChI is InChI=1S/C11H14N2O6S/c1-3-9(14)13-10(15)5-4-8(2)11(16)12-6-7-20(17,18)19/h3-5H,1-2,6-7H2,(H,12,16)(H,13,14,15)(H,17,18,19). The number of carbonyl (C=O) groups is 3. The van der Waals surface area contributed by atoms with Gasteiger partial charge in [-0.25, -0.2) is 0 Å². The highest BCUT2D eigenvalue weighted by Gasteiger charge is 2.08. The fraction of sp³-hybridized carbons (Fsp3) is 0.182. The van der Waals surface area contributed by atoms with Gasteiger partial charge in [0.25, 0.3) is 21.9 Å². The predicted octanol–water partition coefficient (Wildman–Crippen LogP) is -1.07. The summed E-state index contributed by atoms with van der Waals surface area (Å²) in [6.07, 6.45) is 2.86. The number of carbonyl (C=O) groups excluding carboxylic acids is 3. The lowest BCUT2D eigenvalue weighted by Gasteiger charge is -2.03. The number of nitrogens with one attached hydrogen (secondary N) is 2. The maximum atomic E-state index is 11.4. The minimum absolute atomic E-state index is 0.124. The van der Waals surface area contributed by atoms with E-state index in [1.165, 1.54) is 0 Å². The van der Waals surface area contributed by atoms with Crippen molar-refractivity contribution in [1.29, 1.82) is 0 Å². The Balaban J connectivity index is 4.26. The van der Waals surface area contributed by atoms with E-state index in [1.807, 2.05) is 5.32 Å². The van der Waals surface area contributed by atoms with Crippen LogP contribution in [0.2, 0.25) is 0 Å². The molecule has 0 aliphatic carbocycles. The van der Waals surface area contributed by atoms with Crippen molar-refractivity contribution in [3.05, 3.63) is 37.0 Å². The van der Waals surface area contributed by atoms with Crippen molar-refractivity contribution >= 4 is 27.8 Å². The van der Waals surface area contributed by atoms with Gasteiger partial charge in [0.1, 0.15) is 0 Å². The summed E-state index contributed by atoms with van der Waals surface area (Å²) in [5.41, 5.74) is -0.124. The lowest BCUT2D eigenvalue weighted by Crippen LogP contribution is -2.30. The van der Waals surface area contributed by atoms with Gasteiger partial charge in [-0.15, -0.1) is 0 Å². The van der Waals surface area contributed by atoms with Gasteiger partial charge in [-0.1, -0.05) is 13.2 Å². The second-order valence-electron chi connectivity index (χ2n) is 3.46.